The molecule has 13 heteroatoms. The Hall–Kier alpha value is -4.32. The van der Waals surface area contributed by atoms with Gasteiger partial charge in [-0.3, -0.25) is 9.36 Å². The Bertz CT molecular complexity index is 1800. The van der Waals surface area contributed by atoms with E-state index in [1.165, 1.54) is 4.52 Å². The van der Waals surface area contributed by atoms with Gasteiger partial charge in [-0.2, -0.15) is 22.8 Å². The molecular weight excluding hydrogens is 647 g/mol. The fraction of sp³-hybridized carbons (Fsp3) is 0.429. The van der Waals surface area contributed by atoms with Crippen molar-refractivity contribution in [2.45, 2.75) is 78.7 Å². The molecule has 0 aliphatic rings. The van der Waals surface area contributed by atoms with Crippen molar-refractivity contribution in [3.8, 4) is 0 Å². The Morgan fingerprint density at radius 1 is 1.06 bits per heavy atom. The van der Waals surface area contributed by atoms with Crippen LogP contribution in [0.2, 0.25) is 5.02 Å². The first-order valence-corrected chi connectivity index (χ1v) is 16.2. The van der Waals surface area contributed by atoms with Gasteiger partial charge in [0.05, 0.1) is 34.4 Å². The van der Waals surface area contributed by atoms with E-state index in [2.05, 4.69) is 10.4 Å². The molecule has 0 saturated heterocycles. The molecule has 1 N–H and O–H groups in total. The van der Waals surface area contributed by atoms with Crippen LogP contribution < -0.4 is 11.0 Å². The largest absolute Gasteiger partial charge is 0.444 e. The summed E-state index contributed by atoms with van der Waals surface area (Å²) in [5.74, 6) is -0.755. The Morgan fingerprint density at radius 3 is 2.29 bits per heavy atom. The van der Waals surface area contributed by atoms with E-state index in [9.17, 15) is 27.6 Å². The number of nitrogens with one attached hydrogen (secondary N) is 1. The number of aromatic nitrogens is 3. The zero-order valence-electron chi connectivity index (χ0n) is 27.9. The quantitative estimate of drug-likeness (QED) is 0.163. The van der Waals surface area contributed by atoms with Gasteiger partial charge in [-0.05, 0) is 75.9 Å². The van der Waals surface area contributed by atoms with Gasteiger partial charge < -0.3 is 15.0 Å². The molecule has 0 bridgehead atoms. The molecule has 48 heavy (non-hydrogen) atoms. The maximum atomic E-state index is 14.3. The van der Waals surface area contributed by atoms with Gasteiger partial charge in [0.15, 0.2) is 0 Å². The zero-order valence-corrected chi connectivity index (χ0v) is 28.7. The van der Waals surface area contributed by atoms with E-state index < -0.39 is 41.1 Å². The monoisotopic (exact) mass is 687 g/mol. The third kappa shape index (κ3) is 8.58. The number of benzene rings is 2. The number of ether oxygens (including phenoxy) is 1. The Labute approximate surface area is 282 Å². The maximum absolute atomic E-state index is 14.3. The molecule has 0 spiro atoms. The molecule has 0 saturated carbocycles. The molecule has 2 atom stereocenters. The third-order valence-electron chi connectivity index (χ3n) is 8.00. The second-order valence-corrected chi connectivity index (χ2v) is 13.2. The lowest BCUT2D eigenvalue weighted by Crippen LogP contribution is -2.43. The molecule has 2 aromatic carbocycles. The van der Waals surface area contributed by atoms with Crippen molar-refractivity contribution in [2.24, 2.45) is 5.92 Å². The van der Waals surface area contributed by atoms with Crippen molar-refractivity contribution in [2.75, 3.05) is 13.1 Å². The highest BCUT2D eigenvalue weighted by molar-refractivity contribution is 6.34. The van der Waals surface area contributed by atoms with Crippen LogP contribution in [0, 0.1) is 12.8 Å². The number of aryl methyl sites for hydroxylation is 1. The molecule has 2 amide bonds. The normalized spacial score (nSPS) is 13.3. The number of halogens is 4. The minimum absolute atomic E-state index is 0.0488. The number of alkyl halides is 3. The first-order chi connectivity index (χ1) is 22.5. The Kier molecular flexibility index (Phi) is 11.3. The van der Waals surface area contributed by atoms with Crippen molar-refractivity contribution in [1.82, 2.24) is 24.4 Å². The van der Waals surface area contributed by atoms with E-state index in [4.69, 9.17) is 16.3 Å². The number of carbonyl (C=O) groups excluding carboxylic acids is 2. The van der Waals surface area contributed by atoms with Crippen LogP contribution in [0.3, 0.4) is 0 Å². The lowest BCUT2D eigenvalue weighted by Gasteiger charge is -2.37. The summed E-state index contributed by atoms with van der Waals surface area (Å²) in [7, 11) is 0. The van der Waals surface area contributed by atoms with Crippen molar-refractivity contribution in [1.29, 1.82) is 0 Å². The van der Waals surface area contributed by atoms with E-state index >= 15 is 0 Å². The minimum Gasteiger partial charge on any atom is -0.444 e. The highest BCUT2D eigenvalue weighted by Crippen LogP contribution is 2.35. The van der Waals surface area contributed by atoms with E-state index in [-0.39, 0.29) is 37.5 Å². The highest BCUT2D eigenvalue weighted by Gasteiger charge is 2.35. The molecular formula is C35H41ClF3N5O4. The maximum Gasteiger partial charge on any atom is 0.416 e. The molecule has 2 aromatic heterocycles. The fourth-order valence-electron chi connectivity index (χ4n) is 5.48. The van der Waals surface area contributed by atoms with Gasteiger partial charge >= 0.3 is 18.0 Å². The molecule has 2 heterocycles. The number of hydrogen-bond acceptors (Lipinski definition) is 5. The number of hydrogen-bond donors (Lipinski definition) is 1. The third-order valence-corrected chi connectivity index (χ3v) is 8.47. The van der Waals surface area contributed by atoms with E-state index in [1.54, 1.807) is 43.2 Å². The van der Waals surface area contributed by atoms with Crippen LogP contribution >= 0.6 is 11.6 Å². The summed E-state index contributed by atoms with van der Waals surface area (Å²) in [6.07, 6.45) is -4.31. The van der Waals surface area contributed by atoms with Crippen molar-refractivity contribution < 1.29 is 27.5 Å². The van der Waals surface area contributed by atoms with E-state index in [0.29, 0.717) is 28.3 Å². The Morgan fingerprint density at radius 2 is 1.71 bits per heavy atom. The van der Waals surface area contributed by atoms with Crippen LogP contribution in [-0.4, -0.2) is 49.8 Å². The molecule has 9 nitrogen and oxygen atoms in total. The number of carbonyl (C=O) groups is 2. The molecule has 0 fully saturated rings. The SMILES string of the molecule is CCC(C)C(c1cc2c(Cl)c(C)nn2c(=O)n1Cc1ccccc1)N(CCCNC(=O)OC(C)(C)C)C(=O)c1ccc(C(F)(F)F)cc1. The number of alkyl carbamates (subject to hydrolysis) is 1. The predicted octanol–water partition coefficient (Wildman–Crippen LogP) is 7.67. The van der Waals surface area contributed by atoms with Crippen LogP contribution in [0.5, 0.6) is 0 Å². The number of rotatable bonds is 11. The van der Waals surface area contributed by atoms with Crippen LogP contribution in [-0.2, 0) is 17.5 Å². The second-order valence-electron chi connectivity index (χ2n) is 12.8. The molecule has 2 unspecified atom stereocenters. The average molecular weight is 688 g/mol. The van der Waals surface area contributed by atoms with Gasteiger partial charge in [-0.15, -0.1) is 0 Å². The number of fused-ring (bicyclic) bond motifs is 1. The highest BCUT2D eigenvalue weighted by atomic mass is 35.5. The summed E-state index contributed by atoms with van der Waals surface area (Å²) in [5, 5.41) is 7.36. The topological polar surface area (TPSA) is 97.9 Å². The molecule has 258 valence electrons. The van der Waals surface area contributed by atoms with E-state index in [0.717, 1.165) is 29.8 Å². The van der Waals surface area contributed by atoms with Gasteiger partial charge in [0.25, 0.3) is 5.91 Å². The summed E-state index contributed by atoms with van der Waals surface area (Å²) >= 11 is 6.63. The first kappa shape index (κ1) is 36.5. The molecule has 4 aromatic rings. The van der Waals surface area contributed by atoms with Crippen LogP contribution in [0.25, 0.3) is 5.52 Å². The predicted molar refractivity (Wildman–Crippen MR) is 178 cm³/mol. The van der Waals surface area contributed by atoms with Gasteiger partial charge in [-0.1, -0.05) is 62.2 Å². The van der Waals surface area contributed by atoms with Gasteiger partial charge in [0.2, 0.25) is 0 Å². The Balaban J connectivity index is 1.85. The fourth-order valence-corrected chi connectivity index (χ4v) is 5.65. The summed E-state index contributed by atoms with van der Waals surface area (Å²) < 4.78 is 48.3. The van der Waals surface area contributed by atoms with Crippen molar-refractivity contribution in [3.05, 3.63) is 104 Å². The zero-order chi connectivity index (χ0) is 35.4. The standard InChI is InChI=1S/C35H41ClF3N5O4/c1-7-22(2)30(28-20-27-29(36)23(3)41-44(27)33(47)43(28)21-24-12-9-8-10-13-24)42(19-11-18-40-32(46)48-34(4,5)6)31(45)25-14-16-26(17-15-25)35(37,38)39/h8-10,12-17,20,22,30H,7,11,18-19,21H2,1-6H3,(H,40,46). The molecule has 4 rings (SSSR count). The smallest absolute Gasteiger partial charge is 0.416 e. The van der Waals surface area contributed by atoms with E-state index in [1.807, 2.05) is 44.2 Å². The van der Waals surface area contributed by atoms with Crippen molar-refractivity contribution in [3.63, 3.8) is 0 Å². The summed E-state index contributed by atoms with van der Waals surface area (Å²) in [5.41, 5.74) is 0.177. The van der Waals surface area contributed by atoms with Gasteiger partial charge in [0.1, 0.15) is 5.60 Å². The summed E-state index contributed by atoms with van der Waals surface area (Å²) in [6, 6.07) is 14.4. The number of amides is 2. The number of nitrogens with zero attached hydrogens (tertiary/aromatic N) is 4. The molecule has 0 aliphatic heterocycles. The average Bonchev–Trinajstić information content (AvgIpc) is 3.31. The minimum atomic E-state index is -4.57. The first-order valence-electron chi connectivity index (χ1n) is 15.8. The molecule has 0 aliphatic carbocycles. The van der Waals surface area contributed by atoms with Crippen LogP contribution in [0.1, 0.15) is 86.4 Å². The lowest BCUT2D eigenvalue weighted by molar-refractivity contribution is -0.137. The summed E-state index contributed by atoms with van der Waals surface area (Å²) in [6.45, 7) is 11.2. The summed E-state index contributed by atoms with van der Waals surface area (Å²) in [4.78, 5) is 42.4. The van der Waals surface area contributed by atoms with Gasteiger partial charge in [-0.25, -0.2) is 9.59 Å². The van der Waals surface area contributed by atoms with Crippen molar-refractivity contribution >= 4 is 29.1 Å². The van der Waals surface area contributed by atoms with Gasteiger partial charge in [0, 0.05) is 24.3 Å². The van der Waals surface area contributed by atoms with Crippen LogP contribution in [0.15, 0.2) is 65.5 Å². The van der Waals surface area contributed by atoms with Crippen LogP contribution in [0.4, 0.5) is 18.0 Å². The molecule has 0 radical (unpaired) electrons. The lowest BCUT2D eigenvalue weighted by atomic mass is 9.92. The second kappa shape index (κ2) is 14.8.